The zero-order valence-corrected chi connectivity index (χ0v) is 6.61. The molecule has 0 aromatic rings. The molecule has 0 N–H and O–H groups in total. The molecule has 0 fully saturated rings. The molecule has 0 aliphatic heterocycles. The number of rotatable bonds is 0. The Morgan fingerprint density at radius 3 is 2.88 bits per heavy atom. The van der Waals surface area contributed by atoms with E-state index in [2.05, 4.69) is 22.0 Å². The average molecular weight is 193 g/mol. The number of halogens is 2. The third-order valence-electron chi connectivity index (χ3n) is 0.978. The standard InChI is InChI=1S/C6H6BrCl/c7-5-2-1-3-6(8)4-5/h1,3-5H,2H2. The van der Waals surface area contributed by atoms with Crippen LogP contribution >= 0.6 is 27.5 Å². The van der Waals surface area contributed by atoms with Crippen molar-refractivity contribution in [3.8, 4) is 0 Å². The van der Waals surface area contributed by atoms with E-state index in [1.807, 2.05) is 12.2 Å². The summed E-state index contributed by atoms with van der Waals surface area (Å²) >= 11 is 9.07. The fraction of sp³-hybridized carbons (Fsp3) is 0.333. The van der Waals surface area contributed by atoms with Crippen LogP contribution in [0.5, 0.6) is 0 Å². The Balaban J connectivity index is 2.63. The first kappa shape index (κ1) is 6.37. The monoisotopic (exact) mass is 192 g/mol. The second-order valence-corrected chi connectivity index (χ2v) is 3.32. The summed E-state index contributed by atoms with van der Waals surface area (Å²) in [6.07, 6.45) is 7.01. The van der Waals surface area contributed by atoms with Gasteiger partial charge in [-0.05, 0) is 12.5 Å². The molecule has 0 spiro atoms. The lowest BCUT2D eigenvalue weighted by molar-refractivity contribution is 1.07. The lowest BCUT2D eigenvalue weighted by Gasteiger charge is -2.04. The molecule has 1 aliphatic rings. The average Bonchev–Trinajstić information content (AvgIpc) is 1.64. The van der Waals surface area contributed by atoms with Gasteiger partial charge in [-0.3, -0.25) is 0 Å². The molecule has 0 nitrogen and oxygen atoms in total. The van der Waals surface area contributed by atoms with Gasteiger partial charge in [0.1, 0.15) is 0 Å². The second-order valence-electron chi connectivity index (χ2n) is 1.71. The van der Waals surface area contributed by atoms with Crippen LogP contribution in [0, 0.1) is 0 Å². The third-order valence-corrected chi connectivity index (χ3v) is 1.87. The van der Waals surface area contributed by atoms with Gasteiger partial charge in [0.05, 0.1) is 0 Å². The summed E-state index contributed by atoms with van der Waals surface area (Å²) in [5.41, 5.74) is 0. The van der Waals surface area contributed by atoms with Gasteiger partial charge in [0.2, 0.25) is 0 Å². The molecule has 2 heteroatoms. The van der Waals surface area contributed by atoms with Crippen molar-refractivity contribution >= 4 is 27.5 Å². The van der Waals surface area contributed by atoms with E-state index < -0.39 is 0 Å². The lowest BCUT2D eigenvalue weighted by atomic mass is 10.2. The van der Waals surface area contributed by atoms with Crippen LogP contribution in [0.2, 0.25) is 0 Å². The fourth-order valence-corrected chi connectivity index (χ4v) is 1.50. The van der Waals surface area contributed by atoms with E-state index in [-0.39, 0.29) is 0 Å². The first-order chi connectivity index (χ1) is 3.79. The van der Waals surface area contributed by atoms with E-state index in [9.17, 15) is 0 Å². The zero-order chi connectivity index (χ0) is 5.98. The molecule has 0 heterocycles. The minimum Gasteiger partial charge on any atom is -0.0847 e. The third kappa shape index (κ3) is 1.64. The number of hydrogen-bond donors (Lipinski definition) is 0. The molecule has 1 aliphatic carbocycles. The molecular formula is C6H6BrCl. The van der Waals surface area contributed by atoms with Gasteiger partial charge >= 0.3 is 0 Å². The van der Waals surface area contributed by atoms with Crippen molar-refractivity contribution in [3.05, 3.63) is 23.3 Å². The SMILES string of the molecule is ClC1=CC(Br)CC=C1. The smallest absolute Gasteiger partial charge is 0.0377 e. The van der Waals surface area contributed by atoms with E-state index in [1.54, 1.807) is 0 Å². The maximum Gasteiger partial charge on any atom is 0.0377 e. The van der Waals surface area contributed by atoms with Gasteiger partial charge in [0.25, 0.3) is 0 Å². The van der Waals surface area contributed by atoms with Crippen molar-refractivity contribution in [2.24, 2.45) is 0 Å². The van der Waals surface area contributed by atoms with Crippen molar-refractivity contribution in [2.75, 3.05) is 0 Å². The van der Waals surface area contributed by atoms with Crippen molar-refractivity contribution in [2.45, 2.75) is 11.2 Å². The molecule has 1 atom stereocenters. The molecule has 0 aromatic heterocycles. The van der Waals surface area contributed by atoms with Crippen LogP contribution < -0.4 is 0 Å². The summed E-state index contributed by atoms with van der Waals surface area (Å²) < 4.78 is 0. The number of hydrogen-bond acceptors (Lipinski definition) is 0. The predicted octanol–water partition coefficient (Wildman–Crippen LogP) is 2.83. The summed E-state index contributed by atoms with van der Waals surface area (Å²) in [7, 11) is 0. The molecule has 1 unspecified atom stereocenters. The maximum absolute atomic E-state index is 5.66. The summed E-state index contributed by atoms with van der Waals surface area (Å²) in [6.45, 7) is 0. The van der Waals surface area contributed by atoms with E-state index in [1.165, 1.54) is 0 Å². The molecule has 0 aromatic carbocycles. The molecule has 8 heavy (non-hydrogen) atoms. The van der Waals surface area contributed by atoms with E-state index in [0.29, 0.717) is 4.83 Å². The van der Waals surface area contributed by atoms with Crippen LogP contribution in [-0.4, -0.2) is 4.83 Å². The highest BCUT2D eigenvalue weighted by Gasteiger charge is 2.01. The second kappa shape index (κ2) is 2.70. The highest BCUT2D eigenvalue weighted by molar-refractivity contribution is 9.09. The topological polar surface area (TPSA) is 0 Å². The van der Waals surface area contributed by atoms with Gasteiger partial charge in [-0.25, -0.2) is 0 Å². The molecular weight excluding hydrogens is 187 g/mol. The summed E-state index contributed by atoms with van der Waals surface area (Å²) in [4.78, 5) is 0.444. The highest BCUT2D eigenvalue weighted by atomic mass is 79.9. The van der Waals surface area contributed by atoms with Gasteiger partial charge < -0.3 is 0 Å². The summed E-state index contributed by atoms with van der Waals surface area (Å²) in [5, 5.41) is 0.832. The quantitative estimate of drug-likeness (QED) is 0.519. The van der Waals surface area contributed by atoms with Gasteiger partial charge in [-0.2, -0.15) is 0 Å². The van der Waals surface area contributed by atoms with Crippen LogP contribution in [0.15, 0.2) is 23.3 Å². The van der Waals surface area contributed by atoms with Crippen molar-refractivity contribution in [3.63, 3.8) is 0 Å². The molecule has 0 saturated heterocycles. The molecule has 0 radical (unpaired) electrons. The Kier molecular flexibility index (Phi) is 2.15. The molecule has 1 rings (SSSR count). The highest BCUT2D eigenvalue weighted by Crippen LogP contribution is 2.18. The minimum absolute atomic E-state index is 0.444. The van der Waals surface area contributed by atoms with E-state index >= 15 is 0 Å². The van der Waals surface area contributed by atoms with Gasteiger partial charge in [0.15, 0.2) is 0 Å². The van der Waals surface area contributed by atoms with Crippen LogP contribution in [0.1, 0.15) is 6.42 Å². The number of alkyl halides is 1. The first-order valence-corrected chi connectivity index (χ1v) is 3.76. The van der Waals surface area contributed by atoms with Crippen LogP contribution in [-0.2, 0) is 0 Å². The fourth-order valence-electron chi connectivity index (χ4n) is 0.607. The van der Waals surface area contributed by atoms with Crippen molar-refractivity contribution in [1.29, 1.82) is 0 Å². The molecule has 0 saturated carbocycles. The van der Waals surface area contributed by atoms with E-state index in [0.717, 1.165) is 11.5 Å². The zero-order valence-electron chi connectivity index (χ0n) is 4.27. The largest absolute Gasteiger partial charge is 0.0847 e. The van der Waals surface area contributed by atoms with Crippen LogP contribution in [0.4, 0.5) is 0 Å². The summed E-state index contributed by atoms with van der Waals surface area (Å²) in [5.74, 6) is 0. The molecule has 0 amide bonds. The molecule has 44 valence electrons. The summed E-state index contributed by atoms with van der Waals surface area (Å²) in [6, 6.07) is 0. The normalized spacial score (nSPS) is 27.8. The van der Waals surface area contributed by atoms with Gasteiger partial charge in [-0.1, -0.05) is 39.7 Å². The Morgan fingerprint density at radius 1 is 1.75 bits per heavy atom. The van der Waals surface area contributed by atoms with Gasteiger partial charge in [0, 0.05) is 9.86 Å². The lowest BCUT2D eigenvalue weighted by Crippen LogP contribution is -1.93. The van der Waals surface area contributed by atoms with E-state index in [4.69, 9.17) is 11.6 Å². The predicted molar refractivity (Wildman–Crippen MR) is 40.4 cm³/mol. The Labute approximate surface area is 62.3 Å². The van der Waals surface area contributed by atoms with Crippen LogP contribution in [0.3, 0.4) is 0 Å². The minimum atomic E-state index is 0.444. The number of allylic oxidation sites excluding steroid dienone is 4. The maximum atomic E-state index is 5.66. The molecule has 0 bridgehead atoms. The Bertz CT molecular complexity index is 137. The van der Waals surface area contributed by atoms with Crippen molar-refractivity contribution < 1.29 is 0 Å². The van der Waals surface area contributed by atoms with Crippen LogP contribution in [0.25, 0.3) is 0 Å². The van der Waals surface area contributed by atoms with Gasteiger partial charge in [-0.15, -0.1) is 0 Å². The Hall–Kier alpha value is 0.250. The Morgan fingerprint density at radius 2 is 2.50 bits per heavy atom. The van der Waals surface area contributed by atoms with Crippen molar-refractivity contribution in [1.82, 2.24) is 0 Å². The first-order valence-electron chi connectivity index (χ1n) is 2.47.